The number of aromatic nitrogens is 4. The molecule has 0 aliphatic carbocycles. The van der Waals surface area contributed by atoms with Crippen LogP contribution in [0.5, 0.6) is 0 Å². The lowest BCUT2D eigenvalue weighted by Gasteiger charge is -2.36. The molecule has 1 aliphatic heterocycles. The van der Waals surface area contributed by atoms with Gasteiger partial charge in [-0.25, -0.2) is 4.68 Å². The summed E-state index contributed by atoms with van der Waals surface area (Å²) in [7, 11) is 0. The average molecular weight is 626 g/mol. The lowest BCUT2D eigenvalue weighted by Crippen LogP contribution is -2.46. The van der Waals surface area contributed by atoms with Crippen LogP contribution in [-0.4, -0.2) is 78.3 Å². The predicted molar refractivity (Wildman–Crippen MR) is 176 cm³/mol. The first kappa shape index (κ1) is 32.6. The van der Waals surface area contributed by atoms with E-state index < -0.39 is 11.9 Å². The molecule has 242 valence electrons. The third-order valence-corrected chi connectivity index (χ3v) is 8.44. The topological polar surface area (TPSA) is 136 Å². The Hall–Kier alpha value is -4.77. The zero-order chi connectivity index (χ0) is 32.8. The van der Waals surface area contributed by atoms with Crippen molar-refractivity contribution in [1.82, 2.24) is 29.8 Å². The third kappa shape index (κ3) is 7.04. The number of aromatic amines is 1. The summed E-state index contributed by atoms with van der Waals surface area (Å²) in [5, 5.41) is 24.7. The second-order valence-electron chi connectivity index (χ2n) is 11.9. The number of aryl methyl sites for hydroxylation is 2. The Morgan fingerprint density at radius 3 is 2.35 bits per heavy atom. The number of carbonyl (C=O) groups excluding carboxylic acids is 3. The highest BCUT2D eigenvalue weighted by molar-refractivity contribution is 6.05. The van der Waals surface area contributed by atoms with Gasteiger partial charge in [-0.05, 0) is 74.6 Å². The van der Waals surface area contributed by atoms with Crippen LogP contribution < -0.4 is 5.32 Å². The monoisotopic (exact) mass is 625 g/mol. The molecule has 0 saturated heterocycles. The minimum Gasteiger partial charge on any atom is -0.394 e. The number of aliphatic hydroxyl groups is 1. The fourth-order valence-corrected chi connectivity index (χ4v) is 5.84. The Labute approximate surface area is 269 Å². The molecule has 3 heterocycles. The molecule has 2 aromatic heterocycles. The number of aliphatic hydroxyl groups excluding tert-OH is 1. The van der Waals surface area contributed by atoms with Gasteiger partial charge >= 0.3 is 0 Å². The molecule has 2 aromatic carbocycles. The highest BCUT2D eigenvalue weighted by Crippen LogP contribution is 2.29. The molecule has 4 aromatic rings. The Kier molecular flexibility index (Phi) is 10.3. The Bertz CT molecular complexity index is 1700. The first-order valence-corrected chi connectivity index (χ1v) is 16.1. The molecule has 0 radical (unpaired) electrons. The van der Waals surface area contributed by atoms with Gasteiger partial charge in [0, 0.05) is 36.7 Å². The van der Waals surface area contributed by atoms with E-state index >= 15 is 0 Å². The van der Waals surface area contributed by atoms with Crippen molar-refractivity contribution in [2.75, 3.05) is 25.0 Å². The number of hydrogen-bond acceptors (Lipinski definition) is 6. The molecule has 0 unspecified atom stereocenters. The van der Waals surface area contributed by atoms with Crippen molar-refractivity contribution in [3.63, 3.8) is 0 Å². The molecule has 0 saturated carbocycles. The van der Waals surface area contributed by atoms with Gasteiger partial charge in [0.25, 0.3) is 17.7 Å². The van der Waals surface area contributed by atoms with E-state index in [4.69, 9.17) is 5.10 Å². The molecule has 11 heteroatoms. The number of carbonyl (C=O) groups is 3. The standard InChI is InChI=1S/C35H43N7O4/c1-5-7-15-40(16-8-6-2)35(46)31-18-24(4)42(39-31)32-14-13-27(36-33(44)30-17-23(3)37-38-30)20-29(32)34(45)41-21-26-12-10-9-11-25(26)19-28(41)22-43/h9-14,17-18,20,28,43H,5-8,15-16,19,21-22H2,1-4H3,(H,36,44)(H,37,38)/t28-/m0/s1. The zero-order valence-corrected chi connectivity index (χ0v) is 27.0. The second kappa shape index (κ2) is 14.6. The van der Waals surface area contributed by atoms with Gasteiger partial charge in [-0.15, -0.1) is 0 Å². The van der Waals surface area contributed by atoms with Crippen LogP contribution in [0, 0.1) is 13.8 Å². The number of hydrogen-bond donors (Lipinski definition) is 3. The van der Waals surface area contributed by atoms with Crippen LogP contribution in [0.1, 0.15) is 93.4 Å². The van der Waals surface area contributed by atoms with Crippen molar-refractivity contribution >= 4 is 23.4 Å². The third-order valence-electron chi connectivity index (χ3n) is 8.44. The summed E-state index contributed by atoms with van der Waals surface area (Å²) >= 11 is 0. The molecule has 0 fully saturated rings. The molecule has 0 bridgehead atoms. The van der Waals surface area contributed by atoms with Gasteiger partial charge in [0.1, 0.15) is 0 Å². The molecule has 0 spiro atoms. The van der Waals surface area contributed by atoms with Gasteiger partial charge in [-0.2, -0.15) is 10.2 Å². The Morgan fingerprint density at radius 1 is 0.978 bits per heavy atom. The van der Waals surface area contributed by atoms with Crippen molar-refractivity contribution < 1.29 is 19.5 Å². The van der Waals surface area contributed by atoms with Gasteiger partial charge in [0.15, 0.2) is 11.4 Å². The van der Waals surface area contributed by atoms with Crippen LogP contribution >= 0.6 is 0 Å². The van der Waals surface area contributed by atoms with Crippen molar-refractivity contribution in [3.05, 3.63) is 94.1 Å². The lowest BCUT2D eigenvalue weighted by molar-refractivity contribution is 0.0544. The summed E-state index contributed by atoms with van der Waals surface area (Å²) in [5.41, 5.74) is 5.26. The van der Waals surface area contributed by atoms with E-state index in [-0.39, 0.29) is 29.7 Å². The molecule has 1 aliphatic rings. The highest BCUT2D eigenvalue weighted by Gasteiger charge is 2.32. The van der Waals surface area contributed by atoms with E-state index in [2.05, 4.69) is 29.4 Å². The van der Waals surface area contributed by atoms with Gasteiger partial charge in [0.05, 0.1) is 23.9 Å². The van der Waals surface area contributed by atoms with E-state index in [0.717, 1.165) is 42.5 Å². The Balaban J connectivity index is 1.54. The molecule has 1 atom stereocenters. The summed E-state index contributed by atoms with van der Waals surface area (Å²) in [6.45, 7) is 9.31. The summed E-state index contributed by atoms with van der Waals surface area (Å²) in [6.07, 6.45) is 4.29. The van der Waals surface area contributed by atoms with E-state index in [9.17, 15) is 19.5 Å². The van der Waals surface area contributed by atoms with Crippen LogP contribution in [0.25, 0.3) is 5.69 Å². The van der Waals surface area contributed by atoms with E-state index in [1.807, 2.05) is 43.0 Å². The van der Waals surface area contributed by atoms with Crippen molar-refractivity contribution in [1.29, 1.82) is 0 Å². The molecule has 5 rings (SSSR count). The molecule has 3 N–H and O–H groups in total. The van der Waals surface area contributed by atoms with Crippen LogP contribution in [0.3, 0.4) is 0 Å². The average Bonchev–Trinajstić information content (AvgIpc) is 3.68. The second-order valence-corrected chi connectivity index (χ2v) is 11.9. The quantitative estimate of drug-likeness (QED) is 0.201. The SMILES string of the molecule is CCCCN(CCCC)C(=O)c1cc(C)n(-c2ccc(NC(=O)c3cc(C)[nH]n3)cc2C(=O)N2Cc3ccccc3C[C@H]2CO)n1. The fourth-order valence-electron chi connectivity index (χ4n) is 5.84. The van der Waals surface area contributed by atoms with E-state index in [1.165, 1.54) is 0 Å². The highest BCUT2D eigenvalue weighted by atomic mass is 16.3. The summed E-state index contributed by atoms with van der Waals surface area (Å²) < 4.78 is 1.62. The zero-order valence-electron chi connectivity index (χ0n) is 27.0. The van der Waals surface area contributed by atoms with Gasteiger partial charge < -0.3 is 20.2 Å². The van der Waals surface area contributed by atoms with E-state index in [0.29, 0.717) is 48.8 Å². The summed E-state index contributed by atoms with van der Waals surface area (Å²) in [6, 6.07) is 15.9. The largest absolute Gasteiger partial charge is 0.394 e. The summed E-state index contributed by atoms with van der Waals surface area (Å²) in [5.74, 6) is -0.869. The number of nitrogens with one attached hydrogen (secondary N) is 2. The number of nitrogens with zero attached hydrogens (tertiary/aromatic N) is 5. The number of benzene rings is 2. The molecular formula is C35H43N7O4. The summed E-state index contributed by atoms with van der Waals surface area (Å²) in [4.78, 5) is 44.6. The maximum atomic E-state index is 14.4. The fraction of sp³-hybridized carbons (Fsp3) is 0.400. The maximum Gasteiger partial charge on any atom is 0.276 e. The van der Waals surface area contributed by atoms with Gasteiger partial charge in [-0.3, -0.25) is 19.5 Å². The van der Waals surface area contributed by atoms with Crippen molar-refractivity contribution in [2.45, 2.75) is 72.4 Å². The molecule has 46 heavy (non-hydrogen) atoms. The Morgan fingerprint density at radius 2 is 1.70 bits per heavy atom. The van der Waals surface area contributed by atoms with Crippen LogP contribution in [-0.2, 0) is 13.0 Å². The predicted octanol–water partition coefficient (Wildman–Crippen LogP) is 5.07. The maximum absolute atomic E-state index is 14.4. The number of amides is 3. The first-order valence-electron chi connectivity index (χ1n) is 16.1. The first-order chi connectivity index (χ1) is 22.2. The van der Waals surface area contributed by atoms with Crippen LogP contribution in [0.4, 0.5) is 5.69 Å². The smallest absolute Gasteiger partial charge is 0.276 e. The number of fused-ring (bicyclic) bond motifs is 1. The minimum atomic E-state index is -0.429. The van der Waals surface area contributed by atoms with E-state index in [1.54, 1.807) is 39.9 Å². The number of unbranched alkanes of at least 4 members (excludes halogenated alkanes) is 2. The molecule has 11 nitrogen and oxygen atoms in total. The van der Waals surface area contributed by atoms with Crippen LogP contribution in [0.2, 0.25) is 0 Å². The van der Waals surface area contributed by atoms with Crippen molar-refractivity contribution in [3.8, 4) is 5.69 Å². The number of anilines is 1. The van der Waals surface area contributed by atoms with Crippen molar-refractivity contribution in [2.24, 2.45) is 0 Å². The lowest BCUT2D eigenvalue weighted by atomic mass is 9.93. The molecular weight excluding hydrogens is 582 g/mol. The van der Waals surface area contributed by atoms with Crippen LogP contribution in [0.15, 0.2) is 54.6 Å². The van der Waals surface area contributed by atoms with Gasteiger partial charge in [0.2, 0.25) is 0 Å². The molecule has 3 amide bonds. The minimum absolute atomic E-state index is 0.136. The number of H-pyrrole nitrogens is 1. The number of rotatable bonds is 12. The van der Waals surface area contributed by atoms with Gasteiger partial charge in [-0.1, -0.05) is 51.0 Å². The normalized spacial score (nSPS) is 14.2.